The van der Waals surface area contributed by atoms with Crippen LogP contribution in [-0.2, 0) is 23.4 Å². The number of carbonyl (C=O) groups excluding carboxylic acids is 1. The number of allylic oxidation sites excluding steroid dienone is 9. The Labute approximate surface area is 288 Å². The highest BCUT2D eigenvalue weighted by molar-refractivity contribution is 7.46. The third-order valence-corrected chi connectivity index (χ3v) is 8.12. The third-order valence-electron chi connectivity index (χ3n) is 7.63. The molecule has 8 heteroatoms. The Bertz CT molecular complexity index is 888. The summed E-state index contributed by atoms with van der Waals surface area (Å²) < 4.78 is 26.6. The number of hydrogen-bond donors (Lipinski definition) is 2. The van der Waals surface area contributed by atoms with Gasteiger partial charge in [0.25, 0.3) is 0 Å². The van der Waals surface area contributed by atoms with Crippen LogP contribution in [0, 0.1) is 0 Å². The summed E-state index contributed by atoms with van der Waals surface area (Å²) in [6.07, 6.45) is 45.9. The van der Waals surface area contributed by atoms with Gasteiger partial charge in [-0.1, -0.05) is 146 Å². The molecule has 0 unspecified atom stereocenters. The van der Waals surface area contributed by atoms with Crippen LogP contribution in [0.15, 0.2) is 60.9 Å². The van der Waals surface area contributed by atoms with E-state index in [-0.39, 0.29) is 13.0 Å². The van der Waals surface area contributed by atoms with E-state index in [1.165, 1.54) is 96.3 Å². The van der Waals surface area contributed by atoms with Crippen LogP contribution >= 0.6 is 7.82 Å². The van der Waals surface area contributed by atoms with E-state index in [1.807, 2.05) is 6.08 Å². The smallest absolute Gasteiger partial charge is 0.469 e. The minimum Gasteiger partial charge on any atom is -0.498 e. The number of hydrogen-bond acceptors (Lipinski definition) is 5. The van der Waals surface area contributed by atoms with Crippen molar-refractivity contribution in [2.24, 2.45) is 0 Å². The van der Waals surface area contributed by atoms with Gasteiger partial charge in [-0.2, -0.15) is 0 Å². The van der Waals surface area contributed by atoms with Crippen molar-refractivity contribution < 1.29 is 33.1 Å². The summed E-state index contributed by atoms with van der Waals surface area (Å²) in [7, 11) is -4.68. The minimum absolute atomic E-state index is 0.0299. The molecular formula is C39H69O7P. The van der Waals surface area contributed by atoms with Gasteiger partial charge < -0.3 is 19.3 Å². The number of carbonyl (C=O) groups is 1. The Kier molecular flexibility index (Phi) is 33.9. The molecule has 1 atom stereocenters. The maximum atomic E-state index is 12.3. The summed E-state index contributed by atoms with van der Waals surface area (Å²) in [5.74, 6) is -0.440. The Morgan fingerprint density at radius 1 is 0.574 bits per heavy atom. The SMILES string of the molecule is CCCCC/C=C\C/C=C\C/C=C\C/C=C\CCCC(=O)O[C@H](CO/C=C\CCCCCCCCCCCCCC)COP(=O)(O)O. The number of unbranched alkanes of at least 4 members (excludes halogenated alkanes) is 16. The van der Waals surface area contributed by atoms with Gasteiger partial charge in [0.2, 0.25) is 0 Å². The van der Waals surface area contributed by atoms with Crippen LogP contribution < -0.4 is 0 Å². The quantitative estimate of drug-likeness (QED) is 0.0229. The molecule has 0 aliphatic heterocycles. The summed E-state index contributed by atoms with van der Waals surface area (Å²) in [5, 5.41) is 0. The molecule has 0 heterocycles. The molecule has 0 saturated carbocycles. The second kappa shape index (κ2) is 35.4. The first-order valence-electron chi connectivity index (χ1n) is 18.6. The van der Waals surface area contributed by atoms with E-state index < -0.39 is 26.5 Å². The van der Waals surface area contributed by atoms with Gasteiger partial charge in [0.05, 0.1) is 12.9 Å². The summed E-state index contributed by atoms with van der Waals surface area (Å²) in [6, 6.07) is 0. The van der Waals surface area contributed by atoms with E-state index >= 15 is 0 Å². The molecule has 2 N–H and O–H groups in total. The predicted molar refractivity (Wildman–Crippen MR) is 197 cm³/mol. The van der Waals surface area contributed by atoms with Crippen LogP contribution in [0.25, 0.3) is 0 Å². The minimum atomic E-state index is -4.68. The second-order valence-electron chi connectivity index (χ2n) is 12.3. The van der Waals surface area contributed by atoms with E-state index in [2.05, 4.69) is 67.0 Å². The zero-order valence-electron chi connectivity index (χ0n) is 29.9. The van der Waals surface area contributed by atoms with Crippen molar-refractivity contribution in [1.29, 1.82) is 0 Å². The molecule has 7 nitrogen and oxygen atoms in total. The molecular weight excluding hydrogens is 611 g/mol. The molecule has 0 fully saturated rings. The molecule has 272 valence electrons. The first kappa shape index (κ1) is 45.1. The predicted octanol–water partition coefficient (Wildman–Crippen LogP) is 11.8. The van der Waals surface area contributed by atoms with Gasteiger partial charge in [-0.05, 0) is 63.9 Å². The van der Waals surface area contributed by atoms with E-state index in [0.717, 1.165) is 38.5 Å². The highest BCUT2D eigenvalue weighted by Crippen LogP contribution is 2.35. The largest absolute Gasteiger partial charge is 0.498 e. The molecule has 0 bridgehead atoms. The summed E-state index contributed by atoms with van der Waals surface area (Å²) >= 11 is 0. The molecule has 0 aromatic heterocycles. The highest BCUT2D eigenvalue weighted by atomic mass is 31.2. The molecule has 0 radical (unpaired) electrons. The van der Waals surface area contributed by atoms with E-state index in [1.54, 1.807) is 6.26 Å². The zero-order valence-corrected chi connectivity index (χ0v) is 30.8. The third kappa shape index (κ3) is 38.4. The Morgan fingerprint density at radius 2 is 1.00 bits per heavy atom. The van der Waals surface area contributed by atoms with Gasteiger partial charge in [0.15, 0.2) is 6.10 Å². The van der Waals surface area contributed by atoms with Crippen molar-refractivity contribution in [3.05, 3.63) is 60.9 Å². The van der Waals surface area contributed by atoms with Gasteiger partial charge in [-0.3, -0.25) is 9.32 Å². The molecule has 0 aliphatic carbocycles. The molecule has 0 amide bonds. The maximum Gasteiger partial charge on any atom is 0.469 e. The maximum absolute atomic E-state index is 12.3. The van der Waals surface area contributed by atoms with Crippen LogP contribution in [0.1, 0.15) is 162 Å². The Hall–Kier alpha value is -1.92. The number of rotatable bonds is 34. The molecule has 0 saturated heterocycles. The van der Waals surface area contributed by atoms with Gasteiger partial charge >= 0.3 is 13.8 Å². The van der Waals surface area contributed by atoms with Crippen molar-refractivity contribution in [2.75, 3.05) is 13.2 Å². The van der Waals surface area contributed by atoms with Gasteiger partial charge in [0.1, 0.15) is 6.61 Å². The highest BCUT2D eigenvalue weighted by Gasteiger charge is 2.21. The van der Waals surface area contributed by atoms with Crippen molar-refractivity contribution in [2.45, 2.75) is 168 Å². The van der Waals surface area contributed by atoms with Crippen molar-refractivity contribution >= 4 is 13.8 Å². The van der Waals surface area contributed by atoms with Crippen molar-refractivity contribution in [1.82, 2.24) is 0 Å². The number of phosphoric ester groups is 1. The van der Waals surface area contributed by atoms with Crippen LogP contribution in [0.3, 0.4) is 0 Å². The van der Waals surface area contributed by atoms with E-state index in [4.69, 9.17) is 19.3 Å². The van der Waals surface area contributed by atoms with Crippen LogP contribution in [0.4, 0.5) is 0 Å². The topological polar surface area (TPSA) is 102 Å². The van der Waals surface area contributed by atoms with Crippen molar-refractivity contribution in [3.63, 3.8) is 0 Å². The fourth-order valence-corrected chi connectivity index (χ4v) is 5.23. The monoisotopic (exact) mass is 680 g/mol. The first-order chi connectivity index (χ1) is 22.9. The van der Waals surface area contributed by atoms with Crippen LogP contribution in [-0.4, -0.2) is 35.1 Å². The normalized spacial score (nSPS) is 13.3. The number of esters is 1. The molecule has 0 aromatic carbocycles. The van der Waals surface area contributed by atoms with Gasteiger partial charge in [0, 0.05) is 6.42 Å². The molecule has 0 spiro atoms. The fourth-order valence-electron chi connectivity index (χ4n) is 4.87. The summed E-state index contributed by atoms with van der Waals surface area (Å²) in [5.41, 5.74) is 0. The molecule has 0 rings (SSSR count). The average Bonchev–Trinajstić information content (AvgIpc) is 3.04. The summed E-state index contributed by atoms with van der Waals surface area (Å²) in [4.78, 5) is 30.4. The van der Waals surface area contributed by atoms with Crippen molar-refractivity contribution in [3.8, 4) is 0 Å². The lowest BCUT2D eigenvalue weighted by Gasteiger charge is -2.17. The lowest BCUT2D eigenvalue weighted by atomic mass is 10.0. The van der Waals surface area contributed by atoms with Gasteiger partial charge in [-0.15, -0.1) is 0 Å². The fraction of sp³-hybridized carbons (Fsp3) is 0.718. The summed E-state index contributed by atoms with van der Waals surface area (Å²) in [6.45, 7) is 4.02. The average molecular weight is 681 g/mol. The first-order valence-corrected chi connectivity index (χ1v) is 20.2. The second-order valence-corrected chi connectivity index (χ2v) is 13.5. The Balaban J connectivity index is 4.02. The molecule has 0 aliphatic rings. The Morgan fingerprint density at radius 3 is 1.53 bits per heavy atom. The zero-order chi connectivity index (χ0) is 34.5. The van der Waals surface area contributed by atoms with Crippen LogP contribution in [0.5, 0.6) is 0 Å². The number of phosphoric acid groups is 1. The van der Waals surface area contributed by atoms with Gasteiger partial charge in [-0.25, -0.2) is 4.57 Å². The van der Waals surface area contributed by atoms with E-state index in [0.29, 0.717) is 6.42 Å². The lowest BCUT2D eigenvalue weighted by molar-refractivity contribution is -0.153. The lowest BCUT2D eigenvalue weighted by Crippen LogP contribution is -2.27. The van der Waals surface area contributed by atoms with E-state index in [9.17, 15) is 9.36 Å². The van der Waals surface area contributed by atoms with Crippen LogP contribution in [0.2, 0.25) is 0 Å². The molecule has 0 aromatic rings. The number of ether oxygens (including phenoxy) is 2. The standard InChI is InChI=1S/C39H69O7P/c1-3-5-7-9-11-13-15-17-19-20-21-22-24-26-28-30-32-34-39(40)46-38(37-45-47(41,42)43)36-44-35-33-31-29-27-25-23-18-16-14-12-10-8-6-4-2/h11,13,17,19,21-22,26,28,33,35,38H,3-10,12,14-16,18,20,23-25,27,29-32,34,36-37H2,1-2H3,(H2,41,42,43)/b13-11-,19-17-,22-21-,28-26-,35-33-/t38-/m1/s1. The molecule has 47 heavy (non-hydrogen) atoms.